The molecule has 2 aliphatic rings. The zero-order valence-corrected chi connectivity index (χ0v) is 21.7. The second-order valence-electron chi connectivity index (χ2n) is 10.4. The summed E-state index contributed by atoms with van der Waals surface area (Å²) in [5.74, 6) is 1.76. The van der Waals surface area contributed by atoms with E-state index < -0.39 is 0 Å². The molecular weight excluding hydrogens is 460 g/mol. The largest absolute Gasteiger partial charge is 0.449 e. The number of carbonyl (C=O) groups is 2. The summed E-state index contributed by atoms with van der Waals surface area (Å²) in [6.07, 6.45) is 5.15. The minimum absolute atomic E-state index is 0.0478. The number of para-hydroxylation sites is 2. The van der Waals surface area contributed by atoms with Crippen molar-refractivity contribution in [2.75, 3.05) is 4.90 Å². The molecular formula is C32H34N2O3. The van der Waals surface area contributed by atoms with Gasteiger partial charge in [0.1, 0.15) is 0 Å². The molecule has 37 heavy (non-hydrogen) atoms. The lowest BCUT2D eigenvalue weighted by molar-refractivity contribution is -0.117. The number of fused-ring (bicyclic) bond motifs is 1. The molecule has 3 atom stereocenters. The van der Waals surface area contributed by atoms with Crippen LogP contribution in [0.3, 0.4) is 0 Å². The van der Waals surface area contributed by atoms with Crippen molar-refractivity contribution < 1.29 is 14.3 Å². The van der Waals surface area contributed by atoms with E-state index >= 15 is 0 Å². The number of amides is 2. The Labute approximate surface area is 219 Å². The van der Waals surface area contributed by atoms with Gasteiger partial charge in [-0.05, 0) is 66.6 Å². The molecule has 0 aromatic heterocycles. The average Bonchev–Trinajstić information content (AvgIpc) is 2.89. The van der Waals surface area contributed by atoms with Crippen LogP contribution in [0, 0.1) is 18.8 Å². The highest BCUT2D eigenvalue weighted by molar-refractivity contribution is 6.09. The van der Waals surface area contributed by atoms with Gasteiger partial charge in [0.05, 0.1) is 12.2 Å². The van der Waals surface area contributed by atoms with Crippen LogP contribution in [0.5, 0.6) is 5.75 Å². The van der Waals surface area contributed by atoms with Gasteiger partial charge in [0.25, 0.3) is 11.8 Å². The van der Waals surface area contributed by atoms with Gasteiger partial charge >= 0.3 is 0 Å². The van der Waals surface area contributed by atoms with E-state index in [4.69, 9.17) is 4.74 Å². The predicted octanol–water partition coefficient (Wildman–Crippen LogP) is 6.52. The third-order valence-corrected chi connectivity index (χ3v) is 7.75. The summed E-state index contributed by atoms with van der Waals surface area (Å²) >= 11 is 0. The summed E-state index contributed by atoms with van der Waals surface area (Å²) in [6, 6.07) is 23.3. The van der Waals surface area contributed by atoms with Crippen molar-refractivity contribution in [3.63, 3.8) is 0 Å². The molecule has 1 aliphatic carbocycles. The van der Waals surface area contributed by atoms with Gasteiger partial charge in [-0.3, -0.25) is 14.5 Å². The molecule has 5 rings (SSSR count). The van der Waals surface area contributed by atoms with Crippen molar-refractivity contribution in [2.45, 2.75) is 52.6 Å². The summed E-state index contributed by atoms with van der Waals surface area (Å²) in [4.78, 5) is 28.1. The van der Waals surface area contributed by atoms with Crippen LogP contribution < -0.4 is 15.0 Å². The fourth-order valence-electron chi connectivity index (χ4n) is 5.33. The Morgan fingerprint density at radius 2 is 1.81 bits per heavy atom. The second kappa shape index (κ2) is 10.6. The van der Waals surface area contributed by atoms with Crippen LogP contribution in [0.2, 0.25) is 0 Å². The van der Waals surface area contributed by atoms with Crippen molar-refractivity contribution >= 4 is 23.6 Å². The molecule has 0 spiro atoms. The molecule has 1 fully saturated rings. The Bertz CT molecular complexity index is 1330. The van der Waals surface area contributed by atoms with Gasteiger partial charge in [0.2, 0.25) is 0 Å². The molecule has 0 radical (unpaired) electrons. The normalized spacial score (nSPS) is 22.4. The van der Waals surface area contributed by atoms with Crippen LogP contribution in [0.15, 0.2) is 78.6 Å². The van der Waals surface area contributed by atoms with Gasteiger partial charge < -0.3 is 10.1 Å². The van der Waals surface area contributed by atoms with Crippen LogP contribution in [0.4, 0.5) is 5.69 Å². The van der Waals surface area contributed by atoms with Gasteiger partial charge in [-0.2, -0.15) is 0 Å². The molecule has 5 heteroatoms. The number of ether oxygens (including phenoxy) is 1. The van der Waals surface area contributed by atoms with E-state index in [-0.39, 0.29) is 23.6 Å². The summed E-state index contributed by atoms with van der Waals surface area (Å²) in [5.41, 5.74) is 4.38. The van der Waals surface area contributed by atoms with Crippen molar-refractivity contribution in [3.05, 3.63) is 101 Å². The van der Waals surface area contributed by atoms with Gasteiger partial charge in [0, 0.05) is 11.6 Å². The quantitative estimate of drug-likeness (QED) is 0.411. The zero-order chi connectivity index (χ0) is 25.9. The number of aryl methyl sites for hydroxylation is 1. The first kappa shape index (κ1) is 24.8. The lowest BCUT2D eigenvalue weighted by Gasteiger charge is -2.34. The number of benzene rings is 3. The van der Waals surface area contributed by atoms with Gasteiger partial charge in [-0.15, -0.1) is 0 Å². The van der Waals surface area contributed by atoms with E-state index in [0.29, 0.717) is 29.7 Å². The van der Waals surface area contributed by atoms with E-state index in [1.165, 1.54) is 6.42 Å². The SMILES string of the molecule is Cc1cccc(CN2C(=O)C(=Cc3ccc(C(=O)NC4CCCC(C)C4C)cc3)Oc3ccccc32)c1. The molecule has 2 amide bonds. The van der Waals surface area contributed by atoms with Crippen molar-refractivity contribution in [1.29, 1.82) is 0 Å². The predicted molar refractivity (Wildman–Crippen MR) is 147 cm³/mol. The molecule has 1 aliphatic heterocycles. The third-order valence-electron chi connectivity index (χ3n) is 7.75. The van der Waals surface area contributed by atoms with Crippen molar-refractivity contribution in [1.82, 2.24) is 5.32 Å². The molecule has 1 saturated carbocycles. The van der Waals surface area contributed by atoms with Gasteiger partial charge in [0.15, 0.2) is 11.5 Å². The number of anilines is 1. The summed E-state index contributed by atoms with van der Waals surface area (Å²) in [6.45, 7) is 6.99. The summed E-state index contributed by atoms with van der Waals surface area (Å²) in [7, 11) is 0. The number of nitrogens with zero attached hydrogens (tertiary/aromatic N) is 1. The highest BCUT2D eigenvalue weighted by Gasteiger charge is 2.31. The number of nitrogens with one attached hydrogen (secondary N) is 1. The van der Waals surface area contributed by atoms with Crippen molar-refractivity contribution in [2.24, 2.45) is 11.8 Å². The fourth-order valence-corrected chi connectivity index (χ4v) is 5.33. The minimum Gasteiger partial charge on any atom is -0.449 e. The molecule has 1 heterocycles. The average molecular weight is 495 g/mol. The monoisotopic (exact) mass is 494 g/mol. The smallest absolute Gasteiger partial charge is 0.294 e. The van der Waals surface area contributed by atoms with Crippen LogP contribution >= 0.6 is 0 Å². The lowest BCUT2D eigenvalue weighted by Crippen LogP contribution is -2.43. The molecule has 0 saturated heterocycles. The lowest BCUT2D eigenvalue weighted by atomic mass is 9.78. The molecule has 3 aromatic carbocycles. The molecule has 5 nitrogen and oxygen atoms in total. The number of hydrogen-bond acceptors (Lipinski definition) is 3. The molecule has 0 bridgehead atoms. The highest BCUT2D eigenvalue weighted by Crippen LogP contribution is 2.36. The Balaban J connectivity index is 1.34. The first-order valence-electron chi connectivity index (χ1n) is 13.2. The van der Waals surface area contributed by atoms with E-state index in [0.717, 1.165) is 35.2 Å². The number of carbonyl (C=O) groups excluding carboxylic acids is 2. The maximum atomic E-state index is 13.5. The Hall–Kier alpha value is -3.86. The number of rotatable bonds is 5. The Morgan fingerprint density at radius 1 is 1.03 bits per heavy atom. The van der Waals surface area contributed by atoms with Gasteiger partial charge in [-0.25, -0.2) is 0 Å². The van der Waals surface area contributed by atoms with Crippen LogP contribution in [0.25, 0.3) is 6.08 Å². The molecule has 190 valence electrons. The van der Waals surface area contributed by atoms with Crippen molar-refractivity contribution in [3.8, 4) is 5.75 Å². The van der Waals surface area contributed by atoms with E-state index in [1.807, 2.05) is 73.7 Å². The maximum absolute atomic E-state index is 13.5. The molecule has 3 aromatic rings. The van der Waals surface area contributed by atoms with Crippen LogP contribution in [-0.2, 0) is 11.3 Å². The standard InChI is InChI=1S/C32H34N2O3/c1-21-8-6-10-25(18-21)20-34-28-12-4-5-13-29(28)37-30(32(34)36)19-24-14-16-26(17-15-24)31(35)33-27-11-7-9-22(2)23(27)3/h4-6,8,10,12-19,22-23,27H,7,9,11,20H2,1-3H3,(H,33,35). The van der Waals surface area contributed by atoms with E-state index in [2.05, 4.69) is 25.2 Å². The van der Waals surface area contributed by atoms with Gasteiger partial charge in [-0.1, -0.05) is 80.8 Å². The Kier molecular flexibility index (Phi) is 7.13. The summed E-state index contributed by atoms with van der Waals surface area (Å²) in [5, 5.41) is 3.23. The topological polar surface area (TPSA) is 58.6 Å². The van der Waals surface area contributed by atoms with Crippen LogP contribution in [-0.4, -0.2) is 17.9 Å². The Morgan fingerprint density at radius 3 is 2.59 bits per heavy atom. The third kappa shape index (κ3) is 5.46. The van der Waals surface area contributed by atoms with Crippen LogP contribution in [0.1, 0.15) is 60.2 Å². The maximum Gasteiger partial charge on any atom is 0.294 e. The molecule has 3 unspecified atom stereocenters. The van der Waals surface area contributed by atoms with E-state index in [1.54, 1.807) is 11.0 Å². The minimum atomic E-state index is -0.192. The molecule has 1 N–H and O–H groups in total. The summed E-state index contributed by atoms with van der Waals surface area (Å²) < 4.78 is 6.03. The highest BCUT2D eigenvalue weighted by atomic mass is 16.5. The number of hydrogen-bond donors (Lipinski definition) is 1. The van der Waals surface area contributed by atoms with E-state index in [9.17, 15) is 9.59 Å². The first-order valence-corrected chi connectivity index (χ1v) is 13.2. The zero-order valence-electron chi connectivity index (χ0n) is 21.7. The first-order chi connectivity index (χ1) is 17.9. The second-order valence-corrected chi connectivity index (χ2v) is 10.4. The fraction of sp³-hybridized carbons (Fsp3) is 0.312.